The fourth-order valence-electron chi connectivity index (χ4n) is 1.82. The molecule has 0 radical (unpaired) electrons. The molecule has 18 heavy (non-hydrogen) atoms. The van der Waals surface area contributed by atoms with Crippen molar-refractivity contribution in [2.24, 2.45) is 0 Å². The van der Waals surface area contributed by atoms with E-state index in [4.69, 9.17) is 4.74 Å². The van der Waals surface area contributed by atoms with Crippen LogP contribution in [0.2, 0.25) is 0 Å². The minimum absolute atomic E-state index is 0.714. The van der Waals surface area contributed by atoms with Crippen LogP contribution >= 0.6 is 11.3 Å². The van der Waals surface area contributed by atoms with Crippen molar-refractivity contribution in [1.29, 1.82) is 0 Å². The number of rotatable bonds is 6. The second-order valence-corrected chi connectivity index (χ2v) is 5.21. The van der Waals surface area contributed by atoms with Crippen LogP contribution in [0.3, 0.4) is 0 Å². The number of ether oxygens (including phenoxy) is 1. The zero-order valence-corrected chi connectivity index (χ0v) is 11.7. The van der Waals surface area contributed by atoms with Gasteiger partial charge in [0.1, 0.15) is 5.75 Å². The molecule has 2 rings (SSSR count). The number of aryl methyl sites for hydroxylation is 1. The smallest absolute Gasteiger partial charge is 0.119 e. The maximum Gasteiger partial charge on any atom is 0.119 e. The van der Waals surface area contributed by atoms with Gasteiger partial charge < -0.3 is 10.1 Å². The van der Waals surface area contributed by atoms with Gasteiger partial charge in [-0.1, -0.05) is 12.1 Å². The van der Waals surface area contributed by atoms with Crippen molar-refractivity contribution >= 4 is 11.3 Å². The second kappa shape index (κ2) is 6.57. The first-order valence-electron chi connectivity index (χ1n) is 6.25. The van der Waals surface area contributed by atoms with Crippen LogP contribution in [0.25, 0.3) is 0 Å². The van der Waals surface area contributed by atoms with Crippen LogP contribution in [0.15, 0.2) is 35.7 Å². The van der Waals surface area contributed by atoms with E-state index in [-0.39, 0.29) is 0 Å². The first-order chi connectivity index (χ1) is 8.79. The van der Waals surface area contributed by atoms with Crippen molar-refractivity contribution in [3.8, 4) is 5.75 Å². The molecule has 0 saturated carbocycles. The molecule has 0 amide bonds. The Morgan fingerprint density at radius 3 is 2.83 bits per heavy atom. The summed E-state index contributed by atoms with van der Waals surface area (Å²) in [5.74, 6) is 0.948. The summed E-state index contributed by atoms with van der Waals surface area (Å²) in [6.45, 7) is 6.68. The summed E-state index contributed by atoms with van der Waals surface area (Å²) in [4.78, 5) is 1.41. The van der Waals surface area contributed by atoms with E-state index in [0.717, 1.165) is 18.8 Å². The molecule has 2 nitrogen and oxygen atoms in total. The van der Waals surface area contributed by atoms with Gasteiger partial charge in [-0.25, -0.2) is 0 Å². The van der Waals surface area contributed by atoms with E-state index in [0.29, 0.717) is 6.61 Å². The largest absolute Gasteiger partial charge is 0.494 e. The van der Waals surface area contributed by atoms with Crippen molar-refractivity contribution in [2.45, 2.75) is 26.9 Å². The molecule has 1 N–H and O–H groups in total. The van der Waals surface area contributed by atoms with E-state index in [1.54, 1.807) is 0 Å². The molecule has 1 heterocycles. The lowest BCUT2D eigenvalue weighted by molar-refractivity contribution is 0.340. The average molecular weight is 261 g/mol. The summed E-state index contributed by atoms with van der Waals surface area (Å²) in [5.41, 5.74) is 2.63. The quantitative estimate of drug-likeness (QED) is 0.855. The van der Waals surface area contributed by atoms with Gasteiger partial charge in [0.2, 0.25) is 0 Å². The van der Waals surface area contributed by atoms with E-state index in [1.165, 1.54) is 16.0 Å². The molecular weight excluding hydrogens is 242 g/mol. The highest BCUT2D eigenvalue weighted by molar-refractivity contribution is 7.10. The lowest BCUT2D eigenvalue weighted by atomic mass is 10.2. The van der Waals surface area contributed by atoms with E-state index in [9.17, 15) is 0 Å². The Morgan fingerprint density at radius 2 is 2.11 bits per heavy atom. The van der Waals surface area contributed by atoms with Gasteiger partial charge in [0.15, 0.2) is 0 Å². The predicted octanol–water partition coefficient (Wildman–Crippen LogP) is 3.75. The highest BCUT2D eigenvalue weighted by Gasteiger charge is 2.00. The molecule has 0 fully saturated rings. The van der Waals surface area contributed by atoms with E-state index >= 15 is 0 Å². The Morgan fingerprint density at radius 1 is 1.22 bits per heavy atom. The second-order valence-electron chi connectivity index (χ2n) is 4.21. The number of benzene rings is 1. The van der Waals surface area contributed by atoms with Gasteiger partial charge in [0.05, 0.1) is 6.61 Å². The molecule has 0 unspecified atom stereocenters. The molecule has 3 heteroatoms. The molecule has 1 aromatic heterocycles. The van der Waals surface area contributed by atoms with E-state index < -0.39 is 0 Å². The Kier molecular flexibility index (Phi) is 4.79. The van der Waals surface area contributed by atoms with Crippen molar-refractivity contribution in [3.05, 3.63) is 51.7 Å². The SMILES string of the molecule is CCOc1cccc(CNCc2sccc2C)c1. The highest BCUT2D eigenvalue weighted by atomic mass is 32.1. The fourth-order valence-corrected chi connectivity index (χ4v) is 2.69. The number of nitrogens with one attached hydrogen (secondary N) is 1. The molecule has 0 saturated heterocycles. The van der Waals surface area contributed by atoms with E-state index in [2.05, 4.69) is 35.8 Å². The van der Waals surface area contributed by atoms with Gasteiger partial charge in [-0.2, -0.15) is 0 Å². The van der Waals surface area contributed by atoms with Gasteiger partial charge in [-0.15, -0.1) is 11.3 Å². The third-order valence-electron chi connectivity index (χ3n) is 2.79. The maximum absolute atomic E-state index is 5.49. The Bertz CT molecular complexity index is 493. The lowest BCUT2D eigenvalue weighted by Crippen LogP contribution is -2.12. The van der Waals surface area contributed by atoms with Gasteiger partial charge in [0.25, 0.3) is 0 Å². The zero-order valence-electron chi connectivity index (χ0n) is 10.9. The Hall–Kier alpha value is -1.32. The standard InChI is InChI=1S/C15H19NOS/c1-3-17-14-6-4-5-13(9-14)10-16-11-15-12(2)7-8-18-15/h4-9,16H,3,10-11H2,1-2H3. The molecule has 96 valence electrons. The monoisotopic (exact) mass is 261 g/mol. The van der Waals surface area contributed by atoms with Crippen LogP contribution in [0.1, 0.15) is 22.9 Å². The molecular formula is C15H19NOS. The van der Waals surface area contributed by atoms with Crippen molar-refractivity contribution in [3.63, 3.8) is 0 Å². The number of hydrogen-bond donors (Lipinski definition) is 1. The van der Waals surface area contributed by atoms with Crippen LogP contribution in [-0.4, -0.2) is 6.61 Å². The van der Waals surface area contributed by atoms with Crippen LogP contribution in [-0.2, 0) is 13.1 Å². The molecule has 2 aromatic rings. The number of hydrogen-bond acceptors (Lipinski definition) is 3. The summed E-state index contributed by atoms with van der Waals surface area (Å²) in [7, 11) is 0. The normalized spacial score (nSPS) is 10.6. The minimum atomic E-state index is 0.714. The van der Waals surface area contributed by atoms with E-state index in [1.807, 2.05) is 30.4 Å². The third kappa shape index (κ3) is 3.59. The van der Waals surface area contributed by atoms with Gasteiger partial charge >= 0.3 is 0 Å². The zero-order chi connectivity index (χ0) is 12.8. The van der Waals surface area contributed by atoms with Gasteiger partial charge in [0, 0.05) is 18.0 Å². The van der Waals surface area contributed by atoms with Gasteiger partial charge in [-0.05, 0) is 48.6 Å². The van der Waals surface area contributed by atoms with Crippen molar-refractivity contribution in [1.82, 2.24) is 5.32 Å². The third-order valence-corrected chi connectivity index (χ3v) is 3.82. The lowest BCUT2D eigenvalue weighted by Gasteiger charge is -2.07. The van der Waals surface area contributed by atoms with Gasteiger partial charge in [-0.3, -0.25) is 0 Å². The molecule has 0 aliphatic carbocycles. The Balaban J connectivity index is 1.86. The topological polar surface area (TPSA) is 21.3 Å². The summed E-state index contributed by atoms with van der Waals surface area (Å²) >= 11 is 1.81. The highest BCUT2D eigenvalue weighted by Crippen LogP contribution is 2.16. The first-order valence-corrected chi connectivity index (χ1v) is 7.13. The predicted molar refractivity (Wildman–Crippen MR) is 77.2 cm³/mol. The Labute approximate surface area is 113 Å². The van der Waals surface area contributed by atoms with Crippen molar-refractivity contribution in [2.75, 3.05) is 6.61 Å². The minimum Gasteiger partial charge on any atom is -0.494 e. The molecule has 0 spiro atoms. The van der Waals surface area contributed by atoms with Crippen molar-refractivity contribution < 1.29 is 4.74 Å². The summed E-state index contributed by atoms with van der Waals surface area (Å²) in [6.07, 6.45) is 0. The molecule has 0 atom stereocenters. The molecule has 0 aliphatic heterocycles. The van der Waals surface area contributed by atoms with Crippen LogP contribution in [0.5, 0.6) is 5.75 Å². The fraction of sp³-hybridized carbons (Fsp3) is 0.333. The summed E-state index contributed by atoms with van der Waals surface area (Å²) < 4.78 is 5.49. The van der Waals surface area contributed by atoms with Crippen LogP contribution in [0.4, 0.5) is 0 Å². The molecule has 1 aromatic carbocycles. The summed E-state index contributed by atoms with van der Waals surface area (Å²) in [5, 5.41) is 5.61. The summed E-state index contributed by atoms with van der Waals surface area (Å²) in [6, 6.07) is 10.4. The van der Waals surface area contributed by atoms with Crippen LogP contribution < -0.4 is 10.1 Å². The maximum atomic E-state index is 5.49. The average Bonchev–Trinajstić information content (AvgIpc) is 2.76. The first kappa shape index (κ1) is 13.1. The molecule has 0 aliphatic rings. The van der Waals surface area contributed by atoms with Crippen LogP contribution in [0, 0.1) is 6.92 Å². The molecule has 0 bridgehead atoms. The number of thiophene rings is 1.